The van der Waals surface area contributed by atoms with Crippen molar-refractivity contribution in [1.82, 2.24) is 0 Å². The minimum atomic E-state index is -0.436. The van der Waals surface area contributed by atoms with Crippen molar-refractivity contribution in [3.05, 3.63) is 27.7 Å². The van der Waals surface area contributed by atoms with E-state index < -0.39 is 6.10 Å². The fourth-order valence-electron chi connectivity index (χ4n) is 1.82. The zero-order valence-corrected chi connectivity index (χ0v) is 11.7. The van der Waals surface area contributed by atoms with Crippen LogP contribution in [0.15, 0.2) is 22.7 Å². The Kier molecular flexibility index (Phi) is 4.31. The number of ether oxygens (including phenoxy) is 2. The predicted molar refractivity (Wildman–Crippen MR) is 69.6 cm³/mol. The molecule has 0 aromatic heterocycles. The second-order valence-electron chi connectivity index (χ2n) is 3.95. The maximum Gasteiger partial charge on any atom is 0.138 e. The van der Waals surface area contributed by atoms with E-state index in [1.807, 2.05) is 13.0 Å². The van der Waals surface area contributed by atoms with Gasteiger partial charge >= 0.3 is 0 Å². The van der Waals surface area contributed by atoms with Crippen LogP contribution in [-0.4, -0.2) is 30.0 Å². The van der Waals surface area contributed by atoms with Crippen LogP contribution in [0, 0.1) is 0 Å². The summed E-state index contributed by atoms with van der Waals surface area (Å²) in [4.78, 5) is 0. The van der Waals surface area contributed by atoms with E-state index in [0.29, 0.717) is 23.8 Å². The lowest BCUT2D eigenvalue weighted by Crippen LogP contribution is -2.55. The molecule has 94 valence electrons. The van der Waals surface area contributed by atoms with Gasteiger partial charge in [0.25, 0.3) is 0 Å². The minimum Gasteiger partial charge on any atom is -0.486 e. The normalized spacial score (nSPS) is 27.6. The Bertz CT molecular complexity index is 399. The molecule has 17 heavy (non-hydrogen) atoms. The van der Waals surface area contributed by atoms with Crippen LogP contribution in [0.4, 0.5) is 0 Å². The second-order valence-corrected chi connectivity index (χ2v) is 5.28. The fraction of sp³-hybridized carbons (Fsp3) is 0.500. The first-order valence-electron chi connectivity index (χ1n) is 5.53. The summed E-state index contributed by atoms with van der Waals surface area (Å²) < 4.78 is 12.1. The molecule has 0 heterocycles. The van der Waals surface area contributed by atoms with Crippen molar-refractivity contribution < 1.29 is 14.6 Å². The first-order valence-corrected chi connectivity index (χ1v) is 6.70. The Morgan fingerprint density at radius 2 is 2.29 bits per heavy atom. The number of halogens is 2. The molecule has 1 saturated carbocycles. The lowest BCUT2D eigenvalue weighted by Gasteiger charge is -2.40. The molecule has 0 bridgehead atoms. The Balaban J connectivity index is 2.01. The predicted octanol–water partition coefficient (Wildman–Crippen LogP) is 3.02. The van der Waals surface area contributed by atoms with Gasteiger partial charge < -0.3 is 14.6 Å². The maximum absolute atomic E-state index is 9.56. The first kappa shape index (κ1) is 13.1. The van der Waals surface area contributed by atoms with Gasteiger partial charge in [-0.25, -0.2) is 0 Å². The Labute approximate surface area is 114 Å². The van der Waals surface area contributed by atoms with E-state index in [4.69, 9.17) is 21.1 Å². The van der Waals surface area contributed by atoms with Crippen LogP contribution in [0.5, 0.6) is 5.75 Å². The van der Waals surface area contributed by atoms with Crippen molar-refractivity contribution in [1.29, 1.82) is 0 Å². The molecule has 0 aliphatic heterocycles. The van der Waals surface area contributed by atoms with Gasteiger partial charge in [-0.2, -0.15) is 0 Å². The molecule has 0 saturated heterocycles. The van der Waals surface area contributed by atoms with Crippen molar-refractivity contribution >= 4 is 27.5 Å². The maximum atomic E-state index is 9.56. The standard InChI is InChI=1S/C12H14BrClO3/c1-2-16-12-9(15)6-11(12)17-10-4-3-7(13)5-8(10)14/h3-5,9,11-12,15H,2,6H2,1H3. The van der Waals surface area contributed by atoms with E-state index >= 15 is 0 Å². The van der Waals surface area contributed by atoms with Crippen molar-refractivity contribution in [2.75, 3.05) is 6.61 Å². The van der Waals surface area contributed by atoms with Gasteiger partial charge in [-0.15, -0.1) is 0 Å². The Morgan fingerprint density at radius 1 is 1.53 bits per heavy atom. The van der Waals surface area contributed by atoms with Crippen LogP contribution < -0.4 is 4.74 Å². The van der Waals surface area contributed by atoms with Crippen LogP contribution in [0.25, 0.3) is 0 Å². The monoisotopic (exact) mass is 320 g/mol. The third-order valence-electron chi connectivity index (χ3n) is 2.75. The molecule has 2 rings (SSSR count). The smallest absolute Gasteiger partial charge is 0.138 e. The van der Waals surface area contributed by atoms with Crippen molar-refractivity contribution in [3.8, 4) is 5.75 Å². The van der Waals surface area contributed by atoms with Crippen molar-refractivity contribution in [2.45, 2.75) is 31.7 Å². The molecule has 0 amide bonds. The summed E-state index contributed by atoms with van der Waals surface area (Å²) in [5.74, 6) is 0.622. The van der Waals surface area contributed by atoms with Gasteiger partial charge in [0.2, 0.25) is 0 Å². The zero-order valence-electron chi connectivity index (χ0n) is 9.40. The summed E-state index contributed by atoms with van der Waals surface area (Å²) in [7, 11) is 0. The van der Waals surface area contributed by atoms with Crippen LogP contribution in [-0.2, 0) is 4.74 Å². The Hall–Kier alpha value is -0.290. The van der Waals surface area contributed by atoms with Gasteiger partial charge in [0.05, 0.1) is 11.1 Å². The molecule has 3 unspecified atom stereocenters. The van der Waals surface area contributed by atoms with Crippen molar-refractivity contribution in [2.24, 2.45) is 0 Å². The number of aliphatic hydroxyl groups excluding tert-OH is 1. The third-order valence-corrected chi connectivity index (χ3v) is 3.54. The lowest BCUT2D eigenvalue weighted by molar-refractivity contribution is -0.160. The molecule has 1 aliphatic rings. The topological polar surface area (TPSA) is 38.7 Å². The first-order chi connectivity index (χ1) is 8.11. The molecule has 3 nitrogen and oxygen atoms in total. The minimum absolute atomic E-state index is 0.122. The fourth-order valence-corrected chi connectivity index (χ4v) is 2.54. The number of benzene rings is 1. The van der Waals surface area contributed by atoms with Crippen LogP contribution >= 0.6 is 27.5 Å². The van der Waals surface area contributed by atoms with E-state index in [-0.39, 0.29) is 12.2 Å². The van der Waals surface area contributed by atoms with Gasteiger partial charge in [-0.1, -0.05) is 27.5 Å². The van der Waals surface area contributed by atoms with Crippen LogP contribution in [0.1, 0.15) is 13.3 Å². The summed E-state index contributed by atoms with van der Waals surface area (Å²) >= 11 is 9.39. The van der Waals surface area contributed by atoms with Gasteiger partial charge in [0.1, 0.15) is 18.0 Å². The lowest BCUT2D eigenvalue weighted by atomic mass is 9.88. The highest BCUT2D eigenvalue weighted by atomic mass is 79.9. The molecule has 1 fully saturated rings. The number of aliphatic hydroxyl groups is 1. The SMILES string of the molecule is CCOC1C(O)CC1Oc1ccc(Br)cc1Cl. The molecule has 1 aromatic rings. The van der Waals surface area contributed by atoms with Gasteiger partial charge in [-0.05, 0) is 25.1 Å². The summed E-state index contributed by atoms with van der Waals surface area (Å²) in [5.41, 5.74) is 0. The molecule has 3 atom stereocenters. The van der Waals surface area contributed by atoms with Crippen LogP contribution in [0.2, 0.25) is 5.02 Å². The third kappa shape index (κ3) is 2.94. The van der Waals surface area contributed by atoms with E-state index in [0.717, 1.165) is 4.47 Å². The summed E-state index contributed by atoms with van der Waals surface area (Å²) in [6.07, 6.45) is -0.227. The summed E-state index contributed by atoms with van der Waals surface area (Å²) in [6, 6.07) is 5.45. The highest BCUT2D eigenvalue weighted by Crippen LogP contribution is 2.33. The van der Waals surface area contributed by atoms with Crippen molar-refractivity contribution in [3.63, 3.8) is 0 Å². The van der Waals surface area contributed by atoms with Gasteiger partial charge in [0, 0.05) is 17.5 Å². The van der Waals surface area contributed by atoms with Gasteiger partial charge in [0.15, 0.2) is 0 Å². The Morgan fingerprint density at radius 3 is 2.88 bits per heavy atom. The molecular formula is C12H14BrClO3. The summed E-state index contributed by atoms with van der Waals surface area (Å²) in [6.45, 7) is 2.46. The highest BCUT2D eigenvalue weighted by Gasteiger charge is 2.42. The molecule has 1 aliphatic carbocycles. The van der Waals surface area contributed by atoms with E-state index in [2.05, 4.69) is 15.9 Å². The highest BCUT2D eigenvalue weighted by molar-refractivity contribution is 9.10. The summed E-state index contributed by atoms with van der Waals surface area (Å²) in [5, 5.41) is 10.1. The second kappa shape index (κ2) is 5.57. The molecular weight excluding hydrogens is 307 g/mol. The largest absolute Gasteiger partial charge is 0.486 e. The van der Waals surface area contributed by atoms with E-state index in [1.165, 1.54) is 0 Å². The molecule has 5 heteroatoms. The molecule has 1 aromatic carbocycles. The number of rotatable bonds is 4. The van der Waals surface area contributed by atoms with Crippen LogP contribution in [0.3, 0.4) is 0 Å². The quantitative estimate of drug-likeness (QED) is 0.926. The van der Waals surface area contributed by atoms with Gasteiger partial charge in [-0.3, -0.25) is 0 Å². The van der Waals surface area contributed by atoms with E-state index in [1.54, 1.807) is 12.1 Å². The average Bonchev–Trinajstić information content (AvgIpc) is 2.28. The zero-order chi connectivity index (χ0) is 12.4. The average molecular weight is 322 g/mol. The van der Waals surface area contributed by atoms with E-state index in [9.17, 15) is 5.11 Å². The number of hydrogen-bond donors (Lipinski definition) is 1. The molecule has 1 N–H and O–H groups in total. The number of hydrogen-bond acceptors (Lipinski definition) is 3. The molecule has 0 radical (unpaired) electrons. The molecule has 0 spiro atoms.